The highest BCUT2D eigenvalue weighted by molar-refractivity contribution is 6.04. The first-order valence-corrected chi connectivity index (χ1v) is 10.0. The lowest BCUT2D eigenvalue weighted by atomic mass is 10.1. The number of rotatable bonds is 8. The lowest BCUT2D eigenvalue weighted by molar-refractivity contribution is 0.102. The number of nitrogens with one attached hydrogen (secondary N) is 2. The Hall–Kier alpha value is -3.34. The molecule has 5 heteroatoms. The maximum Gasteiger partial charge on any atom is 0.255 e. The Morgan fingerprint density at radius 2 is 1.69 bits per heavy atom. The molecule has 1 amide bonds. The molecule has 1 heterocycles. The van der Waals surface area contributed by atoms with Crippen molar-refractivity contribution in [3.8, 4) is 0 Å². The van der Waals surface area contributed by atoms with Gasteiger partial charge in [-0.1, -0.05) is 30.3 Å². The fraction of sp³-hybridized carbons (Fsp3) is 0.250. The van der Waals surface area contributed by atoms with Crippen molar-refractivity contribution in [2.45, 2.75) is 26.8 Å². The third-order valence-electron chi connectivity index (χ3n) is 4.94. The van der Waals surface area contributed by atoms with Gasteiger partial charge in [-0.15, -0.1) is 0 Å². The molecule has 0 aliphatic carbocycles. The third kappa shape index (κ3) is 5.35. The van der Waals surface area contributed by atoms with Gasteiger partial charge >= 0.3 is 0 Å². The Morgan fingerprint density at radius 1 is 1.00 bits per heavy atom. The van der Waals surface area contributed by atoms with Crippen molar-refractivity contribution in [2.24, 2.45) is 0 Å². The molecule has 0 spiro atoms. The Morgan fingerprint density at radius 3 is 2.34 bits per heavy atom. The van der Waals surface area contributed by atoms with Crippen LogP contribution < -0.4 is 15.5 Å². The van der Waals surface area contributed by atoms with Crippen LogP contribution in [0.1, 0.15) is 42.7 Å². The molecule has 0 fully saturated rings. The van der Waals surface area contributed by atoms with E-state index in [1.54, 1.807) is 18.3 Å². The molecular weight excluding hydrogens is 360 g/mol. The number of amides is 1. The van der Waals surface area contributed by atoms with Crippen LogP contribution in [-0.4, -0.2) is 24.0 Å². The molecular formula is C24H28N4O. The van der Waals surface area contributed by atoms with Crippen molar-refractivity contribution >= 4 is 23.1 Å². The molecule has 0 aliphatic rings. The molecule has 150 valence electrons. The van der Waals surface area contributed by atoms with Gasteiger partial charge in [-0.05, 0) is 62.7 Å². The van der Waals surface area contributed by atoms with Crippen molar-refractivity contribution in [2.75, 3.05) is 28.6 Å². The molecule has 3 aromatic rings. The largest absolute Gasteiger partial charge is 0.372 e. The normalized spacial score (nSPS) is 11.6. The number of nitrogens with zero attached hydrogens (tertiary/aromatic N) is 2. The van der Waals surface area contributed by atoms with E-state index in [-0.39, 0.29) is 11.9 Å². The zero-order valence-electron chi connectivity index (χ0n) is 17.2. The molecule has 3 rings (SSSR count). The molecule has 5 nitrogen and oxygen atoms in total. The Balaban J connectivity index is 1.66. The third-order valence-corrected chi connectivity index (χ3v) is 4.94. The minimum atomic E-state index is -0.154. The van der Waals surface area contributed by atoms with Crippen LogP contribution in [0.5, 0.6) is 0 Å². The number of hydrogen-bond acceptors (Lipinski definition) is 4. The van der Waals surface area contributed by atoms with Gasteiger partial charge in [0.15, 0.2) is 0 Å². The summed E-state index contributed by atoms with van der Waals surface area (Å²) in [7, 11) is 0. The first-order valence-electron chi connectivity index (χ1n) is 10.0. The van der Waals surface area contributed by atoms with E-state index in [1.807, 2.05) is 42.5 Å². The number of pyridine rings is 1. The summed E-state index contributed by atoms with van der Waals surface area (Å²) in [4.78, 5) is 19.3. The van der Waals surface area contributed by atoms with Gasteiger partial charge in [0.1, 0.15) is 5.82 Å². The standard InChI is InChI=1S/C24H28N4O/c1-4-28(5-2)22-13-11-21(12-14-22)27-24(29)20-15-16-25-23(17-20)26-18(3)19-9-7-6-8-10-19/h6-18H,4-5H2,1-3H3,(H,25,26)(H,27,29). The molecule has 1 atom stereocenters. The summed E-state index contributed by atoms with van der Waals surface area (Å²) in [6.07, 6.45) is 1.65. The van der Waals surface area contributed by atoms with E-state index in [4.69, 9.17) is 0 Å². The quantitative estimate of drug-likeness (QED) is 0.546. The Labute approximate surface area is 172 Å². The highest BCUT2D eigenvalue weighted by Crippen LogP contribution is 2.20. The fourth-order valence-electron chi connectivity index (χ4n) is 3.25. The summed E-state index contributed by atoms with van der Waals surface area (Å²) in [5, 5.41) is 6.31. The highest BCUT2D eigenvalue weighted by Gasteiger charge is 2.10. The van der Waals surface area contributed by atoms with Gasteiger partial charge in [-0.25, -0.2) is 4.98 Å². The number of carbonyl (C=O) groups is 1. The second-order valence-corrected chi connectivity index (χ2v) is 6.88. The Bertz CT molecular complexity index is 921. The number of anilines is 3. The zero-order valence-corrected chi connectivity index (χ0v) is 17.2. The van der Waals surface area contributed by atoms with E-state index in [9.17, 15) is 4.79 Å². The van der Waals surface area contributed by atoms with Crippen molar-refractivity contribution in [1.82, 2.24) is 4.98 Å². The van der Waals surface area contributed by atoms with Crippen LogP contribution in [0.3, 0.4) is 0 Å². The smallest absolute Gasteiger partial charge is 0.255 e. The average molecular weight is 389 g/mol. The van der Waals surface area contributed by atoms with E-state index in [1.165, 1.54) is 0 Å². The van der Waals surface area contributed by atoms with Crippen LogP contribution >= 0.6 is 0 Å². The van der Waals surface area contributed by atoms with Gasteiger partial charge in [0.05, 0.1) is 0 Å². The van der Waals surface area contributed by atoms with Crippen LogP contribution in [-0.2, 0) is 0 Å². The summed E-state index contributed by atoms with van der Waals surface area (Å²) >= 11 is 0. The van der Waals surface area contributed by atoms with Gasteiger partial charge in [-0.2, -0.15) is 0 Å². The highest BCUT2D eigenvalue weighted by atomic mass is 16.1. The van der Waals surface area contributed by atoms with Crippen LogP contribution in [0.25, 0.3) is 0 Å². The average Bonchev–Trinajstić information content (AvgIpc) is 2.76. The first kappa shape index (κ1) is 20.4. The van der Waals surface area contributed by atoms with Gasteiger partial charge < -0.3 is 15.5 Å². The second kappa shape index (κ2) is 9.73. The van der Waals surface area contributed by atoms with Crippen molar-refractivity contribution < 1.29 is 4.79 Å². The lowest BCUT2D eigenvalue weighted by Gasteiger charge is -2.21. The maximum atomic E-state index is 12.7. The molecule has 0 radical (unpaired) electrons. The van der Waals surface area contributed by atoms with Gasteiger partial charge in [0.2, 0.25) is 0 Å². The minimum Gasteiger partial charge on any atom is -0.372 e. The molecule has 2 N–H and O–H groups in total. The molecule has 0 bridgehead atoms. The van der Waals surface area contributed by atoms with Crippen molar-refractivity contribution in [3.63, 3.8) is 0 Å². The van der Waals surface area contributed by atoms with Gasteiger partial charge in [0, 0.05) is 42.3 Å². The fourth-order valence-corrected chi connectivity index (χ4v) is 3.25. The van der Waals surface area contributed by atoms with Crippen LogP contribution in [0.2, 0.25) is 0 Å². The van der Waals surface area contributed by atoms with E-state index < -0.39 is 0 Å². The van der Waals surface area contributed by atoms with E-state index >= 15 is 0 Å². The molecule has 2 aromatic carbocycles. The summed E-state index contributed by atoms with van der Waals surface area (Å²) < 4.78 is 0. The predicted octanol–water partition coefficient (Wildman–Crippen LogP) is 5.35. The molecule has 0 saturated carbocycles. The van der Waals surface area contributed by atoms with Crippen LogP contribution in [0.15, 0.2) is 72.9 Å². The van der Waals surface area contributed by atoms with Crippen molar-refractivity contribution in [1.29, 1.82) is 0 Å². The van der Waals surface area contributed by atoms with Crippen LogP contribution in [0.4, 0.5) is 17.2 Å². The molecule has 0 saturated heterocycles. The zero-order chi connectivity index (χ0) is 20.6. The Kier molecular flexibility index (Phi) is 6.85. The summed E-state index contributed by atoms with van der Waals surface area (Å²) in [5.74, 6) is 0.518. The minimum absolute atomic E-state index is 0.0923. The molecule has 0 aliphatic heterocycles. The summed E-state index contributed by atoms with van der Waals surface area (Å²) in [6.45, 7) is 8.24. The summed E-state index contributed by atoms with van der Waals surface area (Å²) in [5.41, 5.74) is 3.65. The first-order chi connectivity index (χ1) is 14.1. The SMILES string of the molecule is CCN(CC)c1ccc(NC(=O)c2ccnc(NC(C)c3ccccc3)c2)cc1. The summed E-state index contributed by atoms with van der Waals surface area (Å²) in [6, 6.07) is 21.7. The maximum absolute atomic E-state index is 12.7. The number of hydrogen-bond donors (Lipinski definition) is 2. The number of carbonyl (C=O) groups excluding carboxylic acids is 1. The van der Waals surface area contributed by atoms with Gasteiger partial charge in [-0.3, -0.25) is 4.79 Å². The van der Waals surface area contributed by atoms with E-state index in [0.717, 1.165) is 30.0 Å². The van der Waals surface area contributed by atoms with Gasteiger partial charge in [0.25, 0.3) is 5.91 Å². The molecule has 1 unspecified atom stereocenters. The number of benzene rings is 2. The lowest BCUT2D eigenvalue weighted by Crippen LogP contribution is -2.21. The predicted molar refractivity (Wildman–Crippen MR) is 121 cm³/mol. The van der Waals surface area contributed by atoms with Crippen LogP contribution in [0, 0.1) is 0 Å². The second-order valence-electron chi connectivity index (χ2n) is 6.88. The monoisotopic (exact) mass is 388 g/mol. The van der Waals surface area contributed by atoms with E-state index in [0.29, 0.717) is 11.4 Å². The topological polar surface area (TPSA) is 57.3 Å². The molecule has 1 aromatic heterocycles. The van der Waals surface area contributed by atoms with Crippen molar-refractivity contribution in [3.05, 3.63) is 84.1 Å². The molecule has 29 heavy (non-hydrogen) atoms. The number of aromatic nitrogens is 1. The van der Waals surface area contributed by atoms with E-state index in [2.05, 4.69) is 53.4 Å².